The number of rotatable bonds is 9. The smallest absolute Gasteiger partial charge is 0.335 e. The molecule has 0 aliphatic carbocycles. The molecule has 0 saturated carbocycles. The summed E-state index contributed by atoms with van der Waals surface area (Å²) < 4.78 is 29.3. The van der Waals surface area contributed by atoms with E-state index in [9.17, 15) is 4.57 Å². The van der Waals surface area contributed by atoms with Crippen molar-refractivity contribution in [1.82, 2.24) is 0 Å². The Kier molecular flexibility index (Phi) is 7.49. The van der Waals surface area contributed by atoms with Crippen LogP contribution in [0.15, 0.2) is 4.42 Å². The Bertz CT molecular complexity index is 486. The molecule has 1 aromatic heterocycles. The van der Waals surface area contributed by atoms with Crippen LogP contribution in [-0.2, 0) is 32.1 Å². The normalized spacial score (nSPS) is 12.3. The number of halogens is 1. The lowest BCUT2D eigenvalue weighted by Gasteiger charge is -2.17. The summed E-state index contributed by atoms with van der Waals surface area (Å²) in [6, 6.07) is 0. The Balaban J connectivity index is 3.11. The zero-order chi connectivity index (χ0) is 16.0. The van der Waals surface area contributed by atoms with Gasteiger partial charge in [-0.05, 0) is 26.7 Å². The van der Waals surface area contributed by atoms with Crippen LogP contribution in [0, 0.1) is 12.8 Å². The molecule has 1 rings (SSSR count). The number of alkyl halides is 1. The first-order chi connectivity index (χ1) is 9.86. The molecule has 0 aromatic carbocycles. The zero-order valence-electron chi connectivity index (χ0n) is 13.6. The maximum Gasteiger partial charge on any atom is 0.335 e. The van der Waals surface area contributed by atoms with Crippen LogP contribution in [0.1, 0.15) is 50.3 Å². The van der Waals surface area contributed by atoms with Crippen LogP contribution in [0.5, 0.6) is 0 Å². The van der Waals surface area contributed by atoms with Crippen LogP contribution in [0.3, 0.4) is 0 Å². The van der Waals surface area contributed by atoms with Crippen LogP contribution in [0.2, 0.25) is 0 Å². The molecule has 1 heterocycles. The van der Waals surface area contributed by atoms with Crippen LogP contribution in [0.25, 0.3) is 0 Å². The first-order valence-corrected chi connectivity index (χ1v) is 9.67. The Labute approximate surface area is 132 Å². The molecule has 122 valence electrons. The highest BCUT2D eigenvalue weighted by Crippen LogP contribution is 2.52. The van der Waals surface area contributed by atoms with E-state index in [1.54, 1.807) is 13.8 Å². The highest BCUT2D eigenvalue weighted by atomic mass is 35.5. The molecule has 0 aliphatic heterocycles. The van der Waals surface area contributed by atoms with E-state index in [2.05, 4.69) is 13.8 Å². The Morgan fingerprint density at radius 2 is 1.76 bits per heavy atom. The molecule has 0 aliphatic rings. The van der Waals surface area contributed by atoms with E-state index < -0.39 is 7.60 Å². The molecule has 0 radical (unpaired) electrons. The van der Waals surface area contributed by atoms with Gasteiger partial charge in [0.15, 0.2) is 0 Å². The van der Waals surface area contributed by atoms with Gasteiger partial charge in [-0.3, -0.25) is 4.57 Å². The van der Waals surface area contributed by atoms with Gasteiger partial charge < -0.3 is 13.5 Å². The van der Waals surface area contributed by atoms with Crippen LogP contribution in [0.4, 0.5) is 0 Å². The first-order valence-electron chi connectivity index (χ1n) is 7.40. The molecule has 0 saturated heterocycles. The third kappa shape index (κ3) is 5.14. The molecule has 1 aromatic rings. The lowest BCUT2D eigenvalue weighted by molar-refractivity contribution is 0.219. The van der Waals surface area contributed by atoms with Crippen LogP contribution >= 0.6 is 19.2 Å². The maximum absolute atomic E-state index is 12.7. The quantitative estimate of drug-likeness (QED) is 0.454. The number of furan rings is 1. The zero-order valence-corrected chi connectivity index (χ0v) is 15.2. The average Bonchev–Trinajstić information content (AvgIpc) is 2.64. The summed E-state index contributed by atoms with van der Waals surface area (Å²) in [4.78, 5) is 0. The molecule has 0 spiro atoms. The summed E-state index contributed by atoms with van der Waals surface area (Å²) in [7, 11) is -3.15. The van der Waals surface area contributed by atoms with Gasteiger partial charge in [0.05, 0.1) is 25.3 Å². The van der Waals surface area contributed by atoms with Crippen molar-refractivity contribution in [2.75, 3.05) is 13.2 Å². The van der Waals surface area contributed by atoms with Crippen molar-refractivity contribution < 1.29 is 18.0 Å². The number of aryl methyl sites for hydroxylation is 1. The van der Waals surface area contributed by atoms with Gasteiger partial charge in [0, 0.05) is 17.5 Å². The predicted molar refractivity (Wildman–Crippen MR) is 86.1 cm³/mol. The molecule has 4 nitrogen and oxygen atoms in total. The van der Waals surface area contributed by atoms with Crippen LogP contribution in [-0.4, -0.2) is 13.2 Å². The summed E-state index contributed by atoms with van der Waals surface area (Å²) in [5.74, 6) is 2.44. The summed E-state index contributed by atoms with van der Waals surface area (Å²) in [5, 5.41) is 0. The SMILES string of the molecule is CCOP(=O)(Cc1c(C)oc(CC(C)C)c1CCl)OCC. The van der Waals surface area contributed by atoms with Crippen molar-refractivity contribution in [1.29, 1.82) is 0 Å². The monoisotopic (exact) mass is 336 g/mol. The second-order valence-electron chi connectivity index (χ2n) is 5.37. The molecule has 6 heteroatoms. The van der Waals surface area contributed by atoms with E-state index in [1.165, 1.54) is 0 Å². The summed E-state index contributed by atoms with van der Waals surface area (Å²) in [6.07, 6.45) is 1.03. The van der Waals surface area contributed by atoms with E-state index in [-0.39, 0.29) is 6.16 Å². The minimum Gasteiger partial charge on any atom is -0.466 e. The Hall–Kier alpha value is -0.280. The number of hydrogen-bond acceptors (Lipinski definition) is 4. The van der Waals surface area contributed by atoms with E-state index in [0.29, 0.717) is 25.0 Å². The maximum atomic E-state index is 12.7. The Morgan fingerprint density at radius 1 is 1.19 bits per heavy atom. The number of hydrogen-bond donors (Lipinski definition) is 0. The molecular formula is C15H26ClO4P. The molecular weight excluding hydrogens is 311 g/mol. The second kappa shape index (κ2) is 8.38. The molecule has 0 amide bonds. The van der Waals surface area contributed by atoms with E-state index >= 15 is 0 Å². The first kappa shape index (κ1) is 18.8. The van der Waals surface area contributed by atoms with Crippen molar-refractivity contribution >= 4 is 19.2 Å². The van der Waals surface area contributed by atoms with Gasteiger partial charge in [-0.2, -0.15) is 0 Å². The summed E-state index contributed by atoms with van der Waals surface area (Å²) in [6.45, 7) is 10.4. The van der Waals surface area contributed by atoms with Crippen molar-refractivity contribution in [3.05, 3.63) is 22.6 Å². The highest BCUT2D eigenvalue weighted by Gasteiger charge is 2.29. The lowest BCUT2D eigenvalue weighted by Crippen LogP contribution is -2.02. The topological polar surface area (TPSA) is 48.7 Å². The third-order valence-electron chi connectivity index (χ3n) is 3.13. The van der Waals surface area contributed by atoms with Crippen molar-refractivity contribution in [3.8, 4) is 0 Å². The molecule has 21 heavy (non-hydrogen) atoms. The van der Waals surface area contributed by atoms with Gasteiger partial charge in [-0.1, -0.05) is 13.8 Å². The van der Waals surface area contributed by atoms with Gasteiger partial charge in [-0.25, -0.2) is 0 Å². The van der Waals surface area contributed by atoms with Crippen molar-refractivity contribution in [2.24, 2.45) is 5.92 Å². The fourth-order valence-electron chi connectivity index (χ4n) is 2.30. The fraction of sp³-hybridized carbons (Fsp3) is 0.733. The average molecular weight is 337 g/mol. The predicted octanol–water partition coefficient (Wildman–Crippen LogP) is 5.29. The molecule has 0 bridgehead atoms. The fourth-order valence-corrected chi connectivity index (χ4v) is 4.46. The molecule has 0 atom stereocenters. The summed E-state index contributed by atoms with van der Waals surface area (Å²) in [5.41, 5.74) is 1.80. The van der Waals surface area contributed by atoms with E-state index in [0.717, 1.165) is 29.1 Å². The second-order valence-corrected chi connectivity index (χ2v) is 7.70. The minimum atomic E-state index is -3.15. The lowest BCUT2D eigenvalue weighted by atomic mass is 10.0. The molecule has 0 unspecified atom stereocenters. The van der Waals surface area contributed by atoms with E-state index in [1.807, 2.05) is 6.92 Å². The van der Waals surface area contributed by atoms with Gasteiger partial charge in [0.2, 0.25) is 0 Å². The third-order valence-corrected chi connectivity index (χ3v) is 5.41. The van der Waals surface area contributed by atoms with Crippen LogP contribution < -0.4 is 0 Å². The van der Waals surface area contributed by atoms with Gasteiger partial charge >= 0.3 is 7.60 Å². The van der Waals surface area contributed by atoms with E-state index in [4.69, 9.17) is 25.1 Å². The van der Waals surface area contributed by atoms with Crippen molar-refractivity contribution in [3.63, 3.8) is 0 Å². The minimum absolute atomic E-state index is 0.212. The summed E-state index contributed by atoms with van der Waals surface area (Å²) >= 11 is 6.09. The standard InChI is InChI=1S/C15H26ClO4P/c1-6-18-21(17,19-7-2)10-14-12(5)20-15(8-11(3)4)13(14)9-16/h11H,6-10H2,1-5H3. The van der Waals surface area contributed by atoms with Gasteiger partial charge in [0.25, 0.3) is 0 Å². The Morgan fingerprint density at radius 3 is 2.19 bits per heavy atom. The molecule has 0 fully saturated rings. The van der Waals surface area contributed by atoms with Crippen molar-refractivity contribution in [2.45, 2.75) is 53.1 Å². The molecule has 0 N–H and O–H groups in total. The van der Waals surface area contributed by atoms with Gasteiger partial charge in [0.1, 0.15) is 11.5 Å². The van der Waals surface area contributed by atoms with Gasteiger partial charge in [-0.15, -0.1) is 11.6 Å². The largest absolute Gasteiger partial charge is 0.466 e. The highest BCUT2D eigenvalue weighted by molar-refractivity contribution is 7.53.